The van der Waals surface area contributed by atoms with Crippen LogP contribution in [0.4, 0.5) is 18.9 Å². The van der Waals surface area contributed by atoms with Crippen molar-refractivity contribution in [3.05, 3.63) is 81.7 Å². The van der Waals surface area contributed by atoms with Gasteiger partial charge in [0.1, 0.15) is 12.1 Å². The molecule has 0 spiro atoms. The summed E-state index contributed by atoms with van der Waals surface area (Å²) in [5.74, 6) is -1.23. The topological polar surface area (TPSA) is 147 Å². The molecule has 2 N–H and O–H groups in total. The van der Waals surface area contributed by atoms with E-state index in [0.717, 1.165) is 75.3 Å². The zero-order chi connectivity index (χ0) is 47.5. The number of carbonyl (C=O) groups is 3. The highest BCUT2D eigenvalue weighted by atomic mass is 32.1. The maximum atomic E-state index is 14.5. The Morgan fingerprint density at radius 3 is 2.68 bits per heavy atom. The number of anilines is 1. The highest BCUT2D eigenvalue weighted by molar-refractivity contribution is 7.10. The number of hydrogen-bond donors (Lipinski definition) is 2. The summed E-state index contributed by atoms with van der Waals surface area (Å²) in [6.07, 6.45) is 4.81. The molecule has 5 aromatic rings. The number of halogens is 3. The maximum Gasteiger partial charge on any atom is 0.401 e. The average Bonchev–Trinajstić information content (AvgIpc) is 3.91. The minimum Gasteiger partial charge on any atom is -0.464 e. The molecule has 6 bridgehead atoms. The summed E-state index contributed by atoms with van der Waals surface area (Å²) in [7, 11) is 1.66. The van der Waals surface area contributed by atoms with Crippen molar-refractivity contribution in [3.63, 3.8) is 0 Å². The monoisotopic (exact) mass is 953 g/mol. The average molecular weight is 954 g/mol. The third-order valence-electron chi connectivity index (χ3n) is 14.3. The van der Waals surface area contributed by atoms with Gasteiger partial charge in [-0.25, -0.2) is 10.4 Å². The molecule has 5 aliphatic rings. The van der Waals surface area contributed by atoms with Gasteiger partial charge in [-0.05, 0) is 92.3 Å². The van der Waals surface area contributed by atoms with Gasteiger partial charge in [0.2, 0.25) is 5.91 Å². The SMILES string of the molecule is CO[C@@H](C)c1ncc(N2CCN(CC(F)(F)F)CC2)cc1-c1c2c3cc(cc4c3n1CCC4)-c1csc(n1)C[C@H](NC(=O)[C@H]1C[C@@H]1c1cccnc1)C(=O)N1CCC[C@H](N1)C(=O)OCC(C)(C)C2. The summed E-state index contributed by atoms with van der Waals surface area (Å²) < 4.78 is 54.5. The molecule has 14 nitrogen and oxygen atoms in total. The molecular formula is C50H58F3N9O5S. The van der Waals surface area contributed by atoms with Gasteiger partial charge in [0.25, 0.3) is 5.91 Å². The van der Waals surface area contributed by atoms with Crippen LogP contribution in [-0.4, -0.2) is 118 Å². The Morgan fingerprint density at radius 1 is 1.09 bits per heavy atom. The van der Waals surface area contributed by atoms with Crippen molar-refractivity contribution in [2.24, 2.45) is 11.3 Å². The first-order chi connectivity index (χ1) is 32.6. The largest absolute Gasteiger partial charge is 0.464 e. The molecule has 1 aliphatic carbocycles. The Bertz CT molecular complexity index is 2720. The Hall–Kier alpha value is -5.43. The minimum absolute atomic E-state index is 0.0307. The van der Waals surface area contributed by atoms with Gasteiger partial charge in [-0.2, -0.15) is 13.2 Å². The number of thiazole rings is 1. The molecule has 1 aromatic carbocycles. The van der Waals surface area contributed by atoms with Crippen LogP contribution in [0.5, 0.6) is 0 Å². The molecule has 0 unspecified atom stereocenters. The molecular weight excluding hydrogens is 896 g/mol. The van der Waals surface area contributed by atoms with Crippen LogP contribution in [0.15, 0.2) is 54.3 Å². The summed E-state index contributed by atoms with van der Waals surface area (Å²) in [6, 6.07) is 8.69. The quantitative estimate of drug-likeness (QED) is 0.155. The molecule has 18 heteroatoms. The lowest BCUT2D eigenvalue weighted by Gasteiger charge is -2.36. The van der Waals surface area contributed by atoms with Gasteiger partial charge in [-0.1, -0.05) is 19.9 Å². The van der Waals surface area contributed by atoms with E-state index in [9.17, 15) is 27.6 Å². The van der Waals surface area contributed by atoms with Gasteiger partial charge in [-0.3, -0.25) is 34.3 Å². The number of pyridine rings is 2. The first-order valence-corrected chi connectivity index (χ1v) is 24.7. The van der Waals surface area contributed by atoms with Crippen molar-refractivity contribution >= 4 is 45.7 Å². The number of nitrogens with one attached hydrogen (secondary N) is 2. The Morgan fingerprint density at radius 2 is 1.91 bits per heavy atom. The Labute approximate surface area is 397 Å². The third-order valence-corrected chi connectivity index (χ3v) is 15.2. The van der Waals surface area contributed by atoms with Crippen LogP contribution in [0.2, 0.25) is 0 Å². The number of aromatic nitrogens is 4. The van der Waals surface area contributed by atoms with E-state index in [0.29, 0.717) is 50.3 Å². The number of fused-ring (bicyclic) bond motifs is 6. The molecule has 68 heavy (non-hydrogen) atoms. The third kappa shape index (κ3) is 9.48. The molecule has 360 valence electrons. The summed E-state index contributed by atoms with van der Waals surface area (Å²) in [6.45, 7) is 7.85. The molecule has 5 atom stereocenters. The fourth-order valence-electron chi connectivity index (χ4n) is 10.6. The zero-order valence-electron chi connectivity index (χ0n) is 38.9. The van der Waals surface area contributed by atoms with E-state index < -0.39 is 36.2 Å². The Kier molecular flexibility index (Phi) is 12.6. The molecule has 3 fully saturated rings. The first kappa shape index (κ1) is 46.3. The number of methoxy groups -OCH3 is 1. The number of hydrazine groups is 1. The number of piperazine rings is 1. The molecule has 2 amide bonds. The highest BCUT2D eigenvalue weighted by Crippen LogP contribution is 2.48. The standard InChI is InChI=1S/C50H58F3N9O5S/c1-29(66-4)43-37(20-33(25-55-43)60-16-14-59(15-17-60)27-50(51,52)53)45-38-23-49(2,3)28-67-48(65)39-10-7-13-62(58-39)47(64)40(57-46(63)36-21-34(36)31-8-5-11-54-24-31)22-42-56-41(26-68-42)32-18-30-9-6-12-61(45)44(30)35(38)19-32/h5,8,11,18-20,24-26,29,34,36,39-40,58H,6-7,9-10,12-17,21-23,27-28H2,1-4H3,(H,57,63)/t29-,34+,36-,39-,40-/m0/s1. The zero-order valence-corrected chi connectivity index (χ0v) is 39.7. The second kappa shape index (κ2) is 18.5. The summed E-state index contributed by atoms with van der Waals surface area (Å²) in [5.41, 5.74) is 12.1. The number of aryl methyl sites for hydroxylation is 2. The summed E-state index contributed by atoms with van der Waals surface area (Å²) in [5, 5.41) is 8.33. The summed E-state index contributed by atoms with van der Waals surface area (Å²) >= 11 is 1.45. The minimum atomic E-state index is -4.26. The predicted octanol–water partition coefficient (Wildman–Crippen LogP) is 7.01. The van der Waals surface area contributed by atoms with Crippen LogP contribution in [0.1, 0.15) is 85.9 Å². The lowest BCUT2D eigenvalue weighted by atomic mass is 9.84. The van der Waals surface area contributed by atoms with Gasteiger partial charge in [0, 0.05) is 98.4 Å². The van der Waals surface area contributed by atoms with Crippen molar-refractivity contribution in [1.29, 1.82) is 0 Å². The van der Waals surface area contributed by atoms with Crippen LogP contribution in [0.25, 0.3) is 33.4 Å². The van der Waals surface area contributed by atoms with E-state index in [4.69, 9.17) is 19.4 Å². The Balaban J connectivity index is 1.05. The van der Waals surface area contributed by atoms with Gasteiger partial charge in [0.05, 0.1) is 58.7 Å². The van der Waals surface area contributed by atoms with Crippen LogP contribution in [0.3, 0.4) is 0 Å². The number of ether oxygens (including phenoxy) is 2. The van der Waals surface area contributed by atoms with Crippen molar-refractivity contribution in [3.8, 4) is 22.5 Å². The van der Waals surface area contributed by atoms with E-state index >= 15 is 0 Å². The number of hydrogen-bond acceptors (Lipinski definition) is 12. The predicted molar refractivity (Wildman–Crippen MR) is 252 cm³/mol. The second-order valence-electron chi connectivity index (χ2n) is 19.9. The smallest absolute Gasteiger partial charge is 0.401 e. The normalized spacial score (nSPS) is 23.8. The van der Waals surface area contributed by atoms with Crippen LogP contribution < -0.4 is 15.6 Å². The van der Waals surface area contributed by atoms with Crippen LogP contribution in [0, 0.1) is 11.3 Å². The van der Waals surface area contributed by atoms with Crippen LogP contribution in [-0.2, 0) is 49.7 Å². The summed E-state index contributed by atoms with van der Waals surface area (Å²) in [4.78, 5) is 60.3. The molecule has 2 saturated heterocycles. The van der Waals surface area contributed by atoms with E-state index in [1.54, 1.807) is 19.5 Å². The number of benzene rings is 1. The van der Waals surface area contributed by atoms with Gasteiger partial charge in [0.15, 0.2) is 0 Å². The molecule has 8 heterocycles. The fraction of sp³-hybridized carbons (Fsp3) is 0.520. The van der Waals surface area contributed by atoms with Gasteiger partial charge >= 0.3 is 12.1 Å². The van der Waals surface area contributed by atoms with Crippen molar-refractivity contribution in [1.82, 2.24) is 40.2 Å². The van der Waals surface area contributed by atoms with Crippen LogP contribution >= 0.6 is 11.3 Å². The van der Waals surface area contributed by atoms with E-state index in [1.807, 2.05) is 30.6 Å². The number of rotatable bonds is 8. The fourth-order valence-corrected chi connectivity index (χ4v) is 11.5. The first-order valence-electron chi connectivity index (χ1n) is 23.8. The second-order valence-corrected chi connectivity index (χ2v) is 20.8. The van der Waals surface area contributed by atoms with Crippen molar-refractivity contribution < 1.29 is 37.0 Å². The number of nitrogens with zero attached hydrogens (tertiary/aromatic N) is 7. The van der Waals surface area contributed by atoms with Gasteiger partial charge in [-0.15, -0.1) is 11.3 Å². The molecule has 0 radical (unpaired) electrons. The molecule has 10 rings (SSSR count). The van der Waals surface area contributed by atoms with E-state index in [1.165, 1.54) is 26.8 Å². The number of amides is 2. The molecule has 4 aromatic heterocycles. The number of alkyl halides is 3. The van der Waals surface area contributed by atoms with E-state index in [2.05, 4.69) is 57.2 Å². The maximum absolute atomic E-state index is 14.5. The van der Waals surface area contributed by atoms with Crippen molar-refractivity contribution in [2.75, 3.05) is 57.9 Å². The lowest BCUT2D eigenvalue weighted by Crippen LogP contribution is -2.60. The lowest BCUT2D eigenvalue weighted by molar-refractivity contribution is -0.155. The number of esters is 1. The number of cyclic esters (lactones) is 1. The van der Waals surface area contributed by atoms with Crippen molar-refractivity contribution in [2.45, 2.75) is 103 Å². The van der Waals surface area contributed by atoms with Gasteiger partial charge < -0.3 is 24.3 Å². The number of carbonyl (C=O) groups excluding carboxylic acids is 3. The van der Waals surface area contributed by atoms with E-state index in [-0.39, 0.29) is 55.9 Å². The highest BCUT2D eigenvalue weighted by Gasteiger charge is 2.46. The molecule has 1 saturated carbocycles. The molecule has 4 aliphatic heterocycles.